The number of phenolic OH excluding ortho intramolecular Hbond substituents is 8. The first-order valence-corrected chi connectivity index (χ1v) is 34.6. The van der Waals surface area contributed by atoms with Gasteiger partial charge in [-0.2, -0.15) is 0 Å². The molecule has 8 aromatic carbocycles. The molecule has 0 saturated carbocycles. The van der Waals surface area contributed by atoms with E-state index in [1.54, 1.807) is 97.1 Å². The van der Waals surface area contributed by atoms with E-state index in [2.05, 4.69) is 20.8 Å². The molecule has 8 N–H and O–H groups in total. The van der Waals surface area contributed by atoms with Gasteiger partial charge in [0.2, 0.25) is 0 Å². The summed E-state index contributed by atoms with van der Waals surface area (Å²) >= 11 is 0. The Hall–Kier alpha value is -11.0. The van der Waals surface area contributed by atoms with Crippen molar-refractivity contribution >= 4 is 47.4 Å². The van der Waals surface area contributed by atoms with Crippen LogP contribution in [0.2, 0.25) is 0 Å². The molecule has 0 aliphatic heterocycles. The molecule has 0 radical (unpaired) electrons. The first-order chi connectivity index (χ1) is 48.4. The van der Waals surface area contributed by atoms with E-state index in [0.717, 1.165) is 63.8 Å². The number of ketones is 4. The minimum absolute atomic E-state index is 0.0450. The summed E-state index contributed by atoms with van der Waals surface area (Å²) in [5.41, 5.74) is 7.70. The maximum Gasteiger partial charge on any atom is 0.185 e. The highest BCUT2D eigenvalue weighted by molar-refractivity contribution is 6.09. The molecule has 0 fully saturated rings. The summed E-state index contributed by atoms with van der Waals surface area (Å²) < 4.78 is 23.1. The Balaban J connectivity index is 0.000000247. The summed E-state index contributed by atoms with van der Waals surface area (Å²) in [5.74, 6) is 2.84. The zero-order valence-corrected chi connectivity index (χ0v) is 62.3. The lowest BCUT2D eigenvalue weighted by atomic mass is 9.81. The molecular weight excluding hydrogens is 1300 g/mol. The van der Waals surface area contributed by atoms with Crippen LogP contribution in [0, 0.1) is 0 Å². The van der Waals surface area contributed by atoms with Crippen LogP contribution in [0.3, 0.4) is 0 Å². The zero-order chi connectivity index (χ0) is 76.6. The molecule has 8 rings (SSSR count). The van der Waals surface area contributed by atoms with Crippen LogP contribution in [0.4, 0.5) is 0 Å². The Morgan fingerprint density at radius 3 is 0.913 bits per heavy atom. The number of aryl methyl sites for hydroxylation is 1. The van der Waals surface area contributed by atoms with Crippen LogP contribution < -0.4 is 18.9 Å². The minimum Gasteiger partial charge on any atom is -0.508 e. The fourth-order valence-corrected chi connectivity index (χ4v) is 10.2. The van der Waals surface area contributed by atoms with Crippen LogP contribution in [-0.2, 0) is 17.3 Å². The van der Waals surface area contributed by atoms with E-state index in [1.807, 2.05) is 121 Å². The fraction of sp³-hybridized carbons (Fsp3) is 0.310. The van der Waals surface area contributed by atoms with Gasteiger partial charge in [0.1, 0.15) is 69.0 Å². The lowest BCUT2D eigenvalue weighted by Crippen LogP contribution is -2.16. The van der Waals surface area contributed by atoms with Gasteiger partial charge in [-0.1, -0.05) is 68.7 Å². The average molecular weight is 1400 g/mol. The number of hydrogen-bond acceptors (Lipinski definition) is 16. The highest BCUT2D eigenvalue weighted by atomic mass is 16.5. The van der Waals surface area contributed by atoms with E-state index >= 15 is 0 Å². The predicted molar refractivity (Wildman–Crippen MR) is 411 cm³/mol. The second kappa shape index (κ2) is 38.2. The van der Waals surface area contributed by atoms with Gasteiger partial charge in [0.25, 0.3) is 0 Å². The van der Waals surface area contributed by atoms with Crippen LogP contribution in [0.1, 0.15) is 222 Å². The Labute approximate surface area is 607 Å². The van der Waals surface area contributed by atoms with Crippen LogP contribution in [0.5, 0.6) is 69.0 Å². The summed E-state index contributed by atoms with van der Waals surface area (Å²) in [7, 11) is 0. The van der Waals surface area contributed by atoms with Crippen LogP contribution in [-0.4, -0.2) is 88.4 Å². The molecule has 546 valence electrons. The van der Waals surface area contributed by atoms with Crippen molar-refractivity contribution in [2.45, 2.75) is 178 Å². The molecule has 0 unspecified atom stereocenters. The first-order valence-electron chi connectivity index (χ1n) is 34.6. The van der Waals surface area contributed by atoms with Crippen LogP contribution in [0.15, 0.2) is 170 Å². The number of carbonyl (C=O) groups excluding carboxylic acids is 4. The molecule has 0 heterocycles. The van der Waals surface area contributed by atoms with Crippen molar-refractivity contribution in [3.8, 4) is 69.0 Å². The molecule has 0 atom stereocenters. The number of carbonyl (C=O) groups is 4. The van der Waals surface area contributed by atoms with Crippen molar-refractivity contribution in [2.75, 3.05) is 0 Å². The first kappa shape index (κ1) is 82.7. The lowest BCUT2D eigenvalue weighted by molar-refractivity contribution is 0.103. The van der Waals surface area contributed by atoms with Crippen LogP contribution >= 0.6 is 0 Å². The number of rotatable bonds is 25. The summed E-state index contributed by atoms with van der Waals surface area (Å²) in [6.45, 7) is 33.5. The Morgan fingerprint density at radius 1 is 0.359 bits per heavy atom. The number of ether oxygens (including phenoxy) is 4. The molecule has 8 aromatic rings. The molecule has 103 heavy (non-hydrogen) atoms. The van der Waals surface area contributed by atoms with Crippen molar-refractivity contribution < 1.29 is 79.0 Å². The second-order valence-electron chi connectivity index (χ2n) is 27.8. The maximum absolute atomic E-state index is 12.4. The third kappa shape index (κ3) is 25.8. The number of phenols is 8. The average Bonchev–Trinajstić information content (AvgIpc) is 0.894. The van der Waals surface area contributed by atoms with E-state index in [4.69, 9.17) is 18.9 Å². The van der Waals surface area contributed by atoms with E-state index in [-0.39, 0.29) is 110 Å². The third-order valence-electron chi connectivity index (χ3n) is 15.9. The van der Waals surface area contributed by atoms with Crippen molar-refractivity contribution in [3.63, 3.8) is 0 Å². The molecule has 16 heteroatoms. The van der Waals surface area contributed by atoms with E-state index in [9.17, 15) is 60.0 Å². The summed E-state index contributed by atoms with van der Waals surface area (Å²) in [4.78, 5) is 49.3. The van der Waals surface area contributed by atoms with E-state index in [1.165, 1.54) is 72.8 Å². The summed E-state index contributed by atoms with van der Waals surface area (Å²) in [5, 5.41) is 78.5. The van der Waals surface area contributed by atoms with Gasteiger partial charge in [-0.05, 0) is 266 Å². The van der Waals surface area contributed by atoms with Crippen molar-refractivity contribution in [2.24, 2.45) is 0 Å². The highest BCUT2D eigenvalue weighted by Gasteiger charge is 2.25. The highest BCUT2D eigenvalue weighted by Crippen LogP contribution is 2.41. The molecule has 0 saturated heterocycles. The quantitative estimate of drug-likeness (QED) is 0.0195. The minimum atomic E-state index is -0.246. The number of benzene rings is 8. The van der Waals surface area contributed by atoms with Crippen molar-refractivity contribution in [1.29, 1.82) is 0 Å². The summed E-state index contributed by atoms with van der Waals surface area (Å²) in [6.07, 6.45) is 15.0. The Bertz CT molecular complexity index is 4270. The molecule has 16 nitrogen and oxygen atoms in total. The number of aromatic hydroxyl groups is 8. The SMILES string of the molecule is CC(C)Oc1cc(O)c(C(C)(C)C)cc1C=CC(=O)c1ccc(O)cc1.CC(C)Oc1cc(O)c(C(C)C)cc1C=CC(=O)c1ccc(O)cc1.CCC(C)(C)c1cc(C=CC(=O)c2ccc(O)cc2)c(OC(C)C)cc1O.CCCc1cc(C=CC(=O)c2ccc(O)cc2)c(OC(C)C)cc1O. The largest absolute Gasteiger partial charge is 0.508 e. The topological polar surface area (TPSA) is 267 Å². The normalized spacial score (nSPS) is 11.6. The molecule has 0 spiro atoms. The number of allylic oxidation sites excluding steroid dienone is 4. The van der Waals surface area contributed by atoms with E-state index in [0.29, 0.717) is 45.3 Å². The molecule has 0 aliphatic carbocycles. The second-order valence-corrected chi connectivity index (χ2v) is 27.8. The van der Waals surface area contributed by atoms with Gasteiger partial charge in [0.05, 0.1) is 24.4 Å². The van der Waals surface area contributed by atoms with E-state index < -0.39 is 0 Å². The molecule has 0 aromatic heterocycles. The molecular formula is C87H102O16. The van der Waals surface area contributed by atoms with Gasteiger partial charge in [0, 0.05) is 79.9 Å². The van der Waals surface area contributed by atoms with Crippen molar-refractivity contribution in [3.05, 3.63) is 237 Å². The fourth-order valence-electron chi connectivity index (χ4n) is 10.2. The van der Waals surface area contributed by atoms with Gasteiger partial charge < -0.3 is 59.8 Å². The maximum atomic E-state index is 12.4. The Morgan fingerprint density at radius 2 is 0.631 bits per heavy atom. The standard InChI is InChI=1S/C23H28O4.C22H26O4.2C21H24O4/c1-6-23(4,5)19-13-17(22(14-21(19)26)27-15(2)3)9-12-20(25)16-7-10-18(24)11-8-16;1-14(2)26-21-13-20(25)18(22(3,4)5)12-16(21)8-11-19(24)15-6-9-17(23)10-7-15;1-13(2)18-11-16(21(12-20(18)24)25-14(3)4)7-10-19(23)15-5-8-17(22)9-6-15;1-4-5-16-12-17(21(13-20(16)24)25-14(2)3)8-11-19(23)15-6-9-18(22)10-7-15/h7-15,24,26H,6H2,1-5H3;6-14,23,25H,1-5H3;5-14,22,24H,1-4H3;6-14,22,24H,4-5H2,1-3H3. The molecule has 0 aliphatic rings. The lowest BCUT2D eigenvalue weighted by Gasteiger charge is -2.26. The van der Waals surface area contributed by atoms with Crippen LogP contribution in [0.25, 0.3) is 24.3 Å². The Kier molecular flexibility index (Phi) is 30.6. The molecule has 0 bridgehead atoms. The smallest absolute Gasteiger partial charge is 0.185 e. The van der Waals surface area contributed by atoms with Gasteiger partial charge in [-0.3, -0.25) is 19.2 Å². The third-order valence-corrected chi connectivity index (χ3v) is 15.9. The molecule has 0 amide bonds. The van der Waals surface area contributed by atoms with Gasteiger partial charge in [0.15, 0.2) is 23.1 Å². The van der Waals surface area contributed by atoms with Gasteiger partial charge in [-0.25, -0.2) is 0 Å². The number of hydrogen-bond donors (Lipinski definition) is 8. The zero-order valence-electron chi connectivity index (χ0n) is 62.3. The summed E-state index contributed by atoms with van der Waals surface area (Å²) in [6, 6.07) is 38.3. The van der Waals surface area contributed by atoms with Gasteiger partial charge >= 0.3 is 0 Å². The van der Waals surface area contributed by atoms with Gasteiger partial charge in [-0.15, -0.1) is 0 Å². The predicted octanol–water partition coefficient (Wildman–Crippen LogP) is 20.2. The van der Waals surface area contributed by atoms with Crippen molar-refractivity contribution in [1.82, 2.24) is 0 Å². The monoisotopic (exact) mass is 1400 g/mol.